The molecule has 1 aliphatic heterocycles. The largest absolute Gasteiger partial charge is 0.442 e. The van der Waals surface area contributed by atoms with Gasteiger partial charge in [-0.15, -0.1) is 0 Å². The van der Waals surface area contributed by atoms with Crippen LogP contribution in [0.25, 0.3) is 16.8 Å². The van der Waals surface area contributed by atoms with Crippen LogP contribution >= 0.6 is 12.2 Å². The first-order chi connectivity index (χ1) is 13.4. The maximum absolute atomic E-state index is 14.8. The predicted octanol–water partition coefficient (Wildman–Crippen LogP) is 2.98. The minimum absolute atomic E-state index is 0.0424. The van der Waals surface area contributed by atoms with Gasteiger partial charge in [0.15, 0.2) is 5.58 Å². The van der Waals surface area contributed by atoms with Crippen LogP contribution in [-0.4, -0.2) is 34.8 Å². The number of halogens is 1. The first kappa shape index (κ1) is 18.2. The predicted molar refractivity (Wildman–Crippen MR) is 106 cm³/mol. The number of oxazole rings is 1. The molecule has 2 aromatic carbocycles. The van der Waals surface area contributed by atoms with Gasteiger partial charge in [0.1, 0.15) is 11.9 Å². The van der Waals surface area contributed by atoms with Crippen LogP contribution in [0.15, 0.2) is 51.7 Å². The monoisotopic (exact) mass is 401 g/mol. The number of aromatic nitrogens is 1. The summed E-state index contributed by atoms with van der Waals surface area (Å²) in [5, 5.41) is 2.95. The SMILES string of the molecule is CC(=S)NC[C@H]1CN(c2ccc(-n3c(=O)oc4ccccc43)c(F)c2)C(=O)O1. The average molecular weight is 401 g/mol. The van der Waals surface area contributed by atoms with Crippen LogP contribution in [0.4, 0.5) is 14.9 Å². The summed E-state index contributed by atoms with van der Waals surface area (Å²) in [6.07, 6.45) is -0.958. The highest BCUT2D eigenvalue weighted by Gasteiger charge is 2.32. The fourth-order valence-corrected chi connectivity index (χ4v) is 3.22. The van der Waals surface area contributed by atoms with Crippen LogP contribution in [0.5, 0.6) is 0 Å². The Morgan fingerprint density at radius 3 is 2.82 bits per heavy atom. The van der Waals surface area contributed by atoms with E-state index in [4.69, 9.17) is 21.4 Å². The number of anilines is 1. The van der Waals surface area contributed by atoms with E-state index in [9.17, 15) is 14.0 Å². The summed E-state index contributed by atoms with van der Waals surface area (Å²) in [6, 6.07) is 11.0. The molecule has 1 fully saturated rings. The Labute approximate surface area is 164 Å². The van der Waals surface area contributed by atoms with Crippen molar-refractivity contribution in [1.82, 2.24) is 9.88 Å². The van der Waals surface area contributed by atoms with Crippen molar-refractivity contribution in [3.63, 3.8) is 0 Å². The summed E-state index contributed by atoms with van der Waals surface area (Å²) in [7, 11) is 0. The summed E-state index contributed by atoms with van der Waals surface area (Å²) >= 11 is 4.95. The highest BCUT2D eigenvalue weighted by molar-refractivity contribution is 7.80. The van der Waals surface area contributed by atoms with Crippen molar-refractivity contribution in [3.8, 4) is 5.69 Å². The maximum Gasteiger partial charge on any atom is 0.424 e. The maximum atomic E-state index is 14.8. The molecule has 28 heavy (non-hydrogen) atoms. The molecule has 1 atom stereocenters. The lowest BCUT2D eigenvalue weighted by Gasteiger charge is -2.14. The van der Waals surface area contributed by atoms with Crippen molar-refractivity contribution in [2.24, 2.45) is 0 Å². The van der Waals surface area contributed by atoms with Crippen LogP contribution < -0.4 is 16.0 Å². The molecule has 0 aliphatic carbocycles. The highest BCUT2D eigenvalue weighted by Crippen LogP contribution is 2.26. The van der Waals surface area contributed by atoms with Gasteiger partial charge in [-0.3, -0.25) is 4.90 Å². The van der Waals surface area contributed by atoms with Gasteiger partial charge >= 0.3 is 11.8 Å². The molecule has 0 spiro atoms. The number of rotatable bonds is 4. The number of benzene rings is 2. The van der Waals surface area contributed by atoms with Crippen LogP contribution in [0.1, 0.15) is 6.92 Å². The molecule has 1 saturated heterocycles. The van der Waals surface area contributed by atoms with E-state index in [1.54, 1.807) is 37.3 Å². The van der Waals surface area contributed by atoms with Crippen LogP contribution in [-0.2, 0) is 4.74 Å². The third-order valence-electron chi connectivity index (χ3n) is 4.42. The van der Waals surface area contributed by atoms with Crippen molar-refractivity contribution in [3.05, 3.63) is 58.8 Å². The molecule has 0 radical (unpaired) electrons. The summed E-state index contributed by atoms with van der Waals surface area (Å²) < 4.78 is 26.4. The number of amides is 1. The number of nitrogens with zero attached hydrogens (tertiary/aromatic N) is 2. The Bertz CT molecular complexity index is 1140. The van der Waals surface area contributed by atoms with Crippen molar-refractivity contribution < 1.29 is 18.3 Å². The lowest BCUT2D eigenvalue weighted by Crippen LogP contribution is -2.32. The Hall–Kier alpha value is -3.20. The second-order valence-electron chi connectivity index (χ2n) is 6.36. The highest BCUT2D eigenvalue weighted by atomic mass is 32.1. The fourth-order valence-electron chi connectivity index (χ4n) is 3.14. The molecular formula is C19H16FN3O4S. The summed E-state index contributed by atoms with van der Waals surface area (Å²) in [5.74, 6) is -1.34. The first-order valence-corrected chi connectivity index (χ1v) is 8.98. The van der Waals surface area contributed by atoms with E-state index >= 15 is 0 Å². The average Bonchev–Trinajstić information content (AvgIpc) is 3.19. The number of hydrogen-bond donors (Lipinski definition) is 1. The Morgan fingerprint density at radius 1 is 1.29 bits per heavy atom. The number of ether oxygens (including phenoxy) is 1. The van der Waals surface area contributed by atoms with E-state index in [1.807, 2.05) is 0 Å². The molecule has 9 heteroatoms. The van der Waals surface area contributed by atoms with Gasteiger partial charge in [-0.25, -0.2) is 18.5 Å². The second kappa shape index (κ2) is 7.08. The van der Waals surface area contributed by atoms with E-state index in [-0.39, 0.29) is 12.2 Å². The second-order valence-corrected chi connectivity index (χ2v) is 6.97. The van der Waals surface area contributed by atoms with Crippen LogP contribution in [0, 0.1) is 5.82 Å². The molecular weight excluding hydrogens is 385 g/mol. The number of hydrogen-bond acceptors (Lipinski definition) is 5. The number of carbonyl (C=O) groups excluding carboxylic acids is 1. The lowest BCUT2D eigenvalue weighted by atomic mass is 10.2. The van der Waals surface area contributed by atoms with Gasteiger partial charge in [0.05, 0.1) is 35.0 Å². The summed E-state index contributed by atoms with van der Waals surface area (Å²) in [6.45, 7) is 2.38. The molecule has 1 N–H and O–H groups in total. The number of cyclic esters (lactones) is 1. The minimum Gasteiger partial charge on any atom is -0.442 e. The summed E-state index contributed by atoms with van der Waals surface area (Å²) in [4.78, 5) is 26.3. The molecule has 0 bridgehead atoms. The first-order valence-electron chi connectivity index (χ1n) is 8.57. The topological polar surface area (TPSA) is 76.7 Å². The third-order valence-corrected chi connectivity index (χ3v) is 4.57. The Kier molecular flexibility index (Phi) is 4.60. The van der Waals surface area contributed by atoms with Gasteiger partial charge < -0.3 is 14.5 Å². The third kappa shape index (κ3) is 3.24. The van der Waals surface area contributed by atoms with Gasteiger partial charge in [-0.05, 0) is 37.3 Å². The van der Waals surface area contributed by atoms with E-state index in [1.165, 1.54) is 17.0 Å². The fraction of sp³-hybridized carbons (Fsp3) is 0.211. The lowest BCUT2D eigenvalue weighted by molar-refractivity contribution is 0.143. The number of para-hydroxylation sites is 2. The molecule has 3 aromatic rings. The number of nitrogens with one attached hydrogen (secondary N) is 1. The zero-order valence-corrected chi connectivity index (χ0v) is 15.7. The zero-order valence-electron chi connectivity index (χ0n) is 14.8. The minimum atomic E-state index is -0.685. The molecule has 2 heterocycles. The van der Waals surface area contributed by atoms with E-state index < -0.39 is 23.8 Å². The van der Waals surface area contributed by atoms with Crippen molar-refractivity contribution >= 4 is 40.1 Å². The van der Waals surface area contributed by atoms with Crippen LogP contribution in [0.2, 0.25) is 0 Å². The molecule has 144 valence electrons. The van der Waals surface area contributed by atoms with E-state index in [0.717, 1.165) is 4.57 Å². The van der Waals surface area contributed by atoms with Gasteiger partial charge in [-0.1, -0.05) is 24.4 Å². The summed E-state index contributed by atoms with van der Waals surface area (Å²) in [5.41, 5.74) is 1.21. The Balaban J connectivity index is 1.63. The number of fused-ring (bicyclic) bond motifs is 1. The van der Waals surface area contributed by atoms with Crippen LogP contribution in [0.3, 0.4) is 0 Å². The molecule has 1 aromatic heterocycles. The molecule has 1 amide bonds. The van der Waals surface area contributed by atoms with Crippen molar-refractivity contribution in [1.29, 1.82) is 0 Å². The van der Waals surface area contributed by atoms with Gasteiger partial charge in [0, 0.05) is 0 Å². The Morgan fingerprint density at radius 2 is 2.07 bits per heavy atom. The van der Waals surface area contributed by atoms with Gasteiger partial charge in [0.25, 0.3) is 0 Å². The molecule has 1 aliphatic rings. The van der Waals surface area contributed by atoms with Gasteiger partial charge in [-0.2, -0.15) is 0 Å². The molecule has 0 saturated carbocycles. The van der Waals surface area contributed by atoms with E-state index in [0.29, 0.717) is 28.3 Å². The quantitative estimate of drug-likeness (QED) is 0.678. The number of thiocarbonyl (C=S) groups is 1. The standard InChI is InChI=1S/C19H16FN3O4S/c1-11(28)21-9-13-10-22(18(24)26-13)12-6-7-15(14(20)8-12)23-16-4-2-3-5-17(16)27-19(23)25/h2-8,13H,9-10H2,1H3,(H,21,28)/t13-/m0/s1. The number of carbonyl (C=O) groups is 1. The molecule has 4 rings (SSSR count). The molecule has 7 nitrogen and oxygen atoms in total. The van der Waals surface area contributed by atoms with Gasteiger partial charge in [0.2, 0.25) is 0 Å². The zero-order chi connectivity index (χ0) is 19.8. The smallest absolute Gasteiger partial charge is 0.424 e. The normalized spacial score (nSPS) is 16.4. The van der Waals surface area contributed by atoms with E-state index in [2.05, 4.69) is 5.32 Å². The van der Waals surface area contributed by atoms with Crippen molar-refractivity contribution in [2.45, 2.75) is 13.0 Å². The van der Waals surface area contributed by atoms with Crippen molar-refractivity contribution in [2.75, 3.05) is 18.0 Å². The molecule has 0 unspecified atom stereocenters.